The SMILES string of the molecule is COC(=O)c1c(C(F)F)ncc(OC)c1Br. The molecule has 0 aliphatic heterocycles. The molecule has 0 saturated carbocycles. The van der Waals surface area contributed by atoms with E-state index in [1.165, 1.54) is 7.11 Å². The molecular weight excluding hydrogens is 288 g/mol. The maximum absolute atomic E-state index is 12.6. The highest BCUT2D eigenvalue weighted by molar-refractivity contribution is 9.10. The predicted molar refractivity (Wildman–Crippen MR) is 54.8 cm³/mol. The van der Waals surface area contributed by atoms with E-state index >= 15 is 0 Å². The molecule has 0 aromatic carbocycles. The number of aromatic nitrogens is 1. The monoisotopic (exact) mass is 295 g/mol. The van der Waals surface area contributed by atoms with Crippen molar-refractivity contribution in [2.24, 2.45) is 0 Å². The molecule has 1 rings (SSSR count). The summed E-state index contributed by atoms with van der Waals surface area (Å²) >= 11 is 3.00. The second-order valence-corrected chi connectivity index (χ2v) is 3.49. The summed E-state index contributed by atoms with van der Waals surface area (Å²) in [5.74, 6) is -0.710. The van der Waals surface area contributed by atoms with Gasteiger partial charge in [0.05, 0.1) is 24.9 Å². The van der Waals surface area contributed by atoms with Crippen molar-refractivity contribution < 1.29 is 23.0 Å². The lowest BCUT2D eigenvalue weighted by Gasteiger charge is -2.11. The molecule has 0 aliphatic carbocycles. The van der Waals surface area contributed by atoms with Crippen molar-refractivity contribution in [2.45, 2.75) is 6.43 Å². The van der Waals surface area contributed by atoms with E-state index in [1.807, 2.05) is 0 Å². The number of carbonyl (C=O) groups excluding carboxylic acids is 1. The van der Waals surface area contributed by atoms with Crippen LogP contribution in [0.25, 0.3) is 0 Å². The summed E-state index contributed by atoms with van der Waals surface area (Å²) in [5.41, 5.74) is -0.962. The first-order valence-electron chi connectivity index (χ1n) is 4.11. The minimum absolute atomic E-state index is 0.104. The van der Waals surface area contributed by atoms with E-state index in [1.54, 1.807) is 0 Å². The van der Waals surface area contributed by atoms with Crippen molar-refractivity contribution >= 4 is 21.9 Å². The molecule has 7 heteroatoms. The third kappa shape index (κ3) is 2.29. The highest BCUT2D eigenvalue weighted by Gasteiger charge is 2.25. The first kappa shape index (κ1) is 12.8. The molecule has 0 atom stereocenters. The lowest BCUT2D eigenvalue weighted by molar-refractivity contribution is 0.0585. The number of carbonyl (C=O) groups is 1. The molecule has 0 bridgehead atoms. The summed E-state index contributed by atoms with van der Waals surface area (Å²) in [6, 6.07) is 0. The van der Waals surface area contributed by atoms with E-state index in [0.29, 0.717) is 0 Å². The smallest absolute Gasteiger partial charge is 0.341 e. The number of esters is 1. The maximum atomic E-state index is 12.6. The van der Waals surface area contributed by atoms with Crippen molar-refractivity contribution in [3.63, 3.8) is 0 Å². The van der Waals surface area contributed by atoms with Crippen LogP contribution in [0.5, 0.6) is 5.75 Å². The highest BCUT2D eigenvalue weighted by Crippen LogP contribution is 2.33. The Morgan fingerprint density at radius 1 is 1.50 bits per heavy atom. The van der Waals surface area contributed by atoms with Gasteiger partial charge in [0.2, 0.25) is 0 Å². The number of hydrogen-bond donors (Lipinski definition) is 0. The largest absolute Gasteiger partial charge is 0.494 e. The van der Waals surface area contributed by atoms with E-state index in [2.05, 4.69) is 25.7 Å². The van der Waals surface area contributed by atoms with Gasteiger partial charge in [-0.3, -0.25) is 4.98 Å². The van der Waals surface area contributed by atoms with Crippen LogP contribution >= 0.6 is 15.9 Å². The quantitative estimate of drug-likeness (QED) is 0.804. The lowest BCUT2D eigenvalue weighted by Crippen LogP contribution is -2.10. The van der Waals surface area contributed by atoms with Gasteiger partial charge in [-0.05, 0) is 15.9 Å². The summed E-state index contributed by atoms with van der Waals surface area (Å²) in [6.07, 6.45) is -1.76. The van der Waals surface area contributed by atoms with Gasteiger partial charge in [-0.2, -0.15) is 0 Å². The van der Waals surface area contributed by atoms with Crippen LogP contribution in [0.4, 0.5) is 8.78 Å². The number of alkyl halides is 2. The third-order valence-corrected chi connectivity index (χ3v) is 2.62. The zero-order chi connectivity index (χ0) is 12.3. The average molecular weight is 296 g/mol. The highest BCUT2D eigenvalue weighted by atomic mass is 79.9. The van der Waals surface area contributed by atoms with Crippen LogP contribution in [-0.2, 0) is 4.74 Å². The molecule has 0 unspecified atom stereocenters. The summed E-state index contributed by atoms with van der Waals surface area (Å²) in [7, 11) is 2.44. The summed E-state index contributed by atoms with van der Waals surface area (Å²) in [4.78, 5) is 14.8. The van der Waals surface area contributed by atoms with Gasteiger partial charge in [-0.1, -0.05) is 0 Å². The molecule has 0 radical (unpaired) electrons. The summed E-state index contributed by atoms with van der Waals surface area (Å²) < 4.78 is 34.6. The Morgan fingerprint density at radius 3 is 2.56 bits per heavy atom. The maximum Gasteiger partial charge on any atom is 0.341 e. The van der Waals surface area contributed by atoms with Crippen molar-refractivity contribution in [3.05, 3.63) is 21.9 Å². The fourth-order valence-electron chi connectivity index (χ4n) is 1.09. The molecule has 0 N–H and O–H groups in total. The van der Waals surface area contributed by atoms with Gasteiger partial charge in [-0.15, -0.1) is 0 Å². The van der Waals surface area contributed by atoms with Crippen LogP contribution in [0.3, 0.4) is 0 Å². The summed E-state index contributed by atoms with van der Waals surface area (Å²) in [6.45, 7) is 0. The van der Waals surface area contributed by atoms with Crippen LogP contribution < -0.4 is 4.74 Å². The molecule has 0 saturated heterocycles. The van der Waals surface area contributed by atoms with E-state index in [0.717, 1.165) is 13.3 Å². The van der Waals surface area contributed by atoms with Gasteiger partial charge in [0.1, 0.15) is 11.3 Å². The van der Waals surface area contributed by atoms with E-state index in [9.17, 15) is 13.6 Å². The Balaban J connectivity index is 3.42. The fraction of sp³-hybridized carbons (Fsp3) is 0.333. The van der Waals surface area contributed by atoms with Crippen LogP contribution in [0, 0.1) is 0 Å². The van der Waals surface area contributed by atoms with Gasteiger partial charge in [-0.25, -0.2) is 13.6 Å². The molecule has 1 heterocycles. The number of nitrogens with zero attached hydrogens (tertiary/aromatic N) is 1. The molecular formula is C9H8BrF2NO3. The standard InChI is InChI=1S/C9H8BrF2NO3/c1-15-4-3-13-7(8(11)12)5(6(4)10)9(14)16-2/h3,8H,1-2H3. The topological polar surface area (TPSA) is 48.4 Å². The Bertz CT molecular complexity index is 412. The van der Waals surface area contributed by atoms with Gasteiger partial charge in [0.25, 0.3) is 6.43 Å². The van der Waals surface area contributed by atoms with Crippen LogP contribution in [0.15, 0.2) is 10.7 Å². The zero-order valence-electron chi connectivity index (χ0n) is 8.46. The van der Waals surface area contributed by atoms with Gasteiger partial charge in [0, 0.05) is 0 Å². The molecule has 0 fully saturated rings. The normalized spacial score (nSPS) is 10.4. The number of ether oxygens (including phenoxy) is 2. The second-order valence-electron chi connectivity index (χ2n) is 2.69. The number of methoxy groups -OCH3 is 2. The van der Waals surface area contributed by atoms with Crippen LogP contribution in [0.1, 0.15) is 22.5 Å². The van der Waals surface area contributed by atoms with Crippen LogP contribution in [-0.4, -0.2) is 25.2 Å². The minimum Gasteiger partial charge on any atom is -0.494 e. The molecule has 1 aromatic heterocycles. The Morgan fingerprint density at radius 2 is 2.12 bits per heavy atom. The third-order valence-electron chi connectivity index (χ3n) is 1.83. The molecule has 0 amide bonds. The van der Waals surface area contributed by atoms with Gasteiger partial charge in [0.15, 0.2) is 5.75 Å². The Kier molecular flexibility index (Phi) is 4.17. The van der Waals surface area contributed by atoms with Crippen molar-refractivity contribution in [2.75, 3.05) is 14.2 Å². The fourth-order valence-corrected chi connectivity index (χ4v) is 1.72. The number of halogens is 3. The van der Waals surface area contributed by atoms with Crippen molar-refractivity contribution in [1.29, 1.82) is 0 Å². The zero-order valence-corrected chi connectivity index (χ0v) is 10.0. The Hall–Kier alpha value is -1.24. The minimum atomic E-state index is -2.86. The molecule has 0 aliphatic rings. The van der Waals surface area contributed by atoms with E-state index < -0.39 is 18.1 Å². The molecule has 16 heavy (non-hydrogen) atoms. The molecule has 1 aromatic rings. The number of rotatable bonds is 3. The number of hydrogen-bond acceptors (Lipinski definition) is 4. The first-order chi connectivity index (χ1) is 7.52. The molecule has 0 spiro atoms. The van der Waals surface area contributed by atoms with Gasteiger partial charge >= 0.3 is 5.97 Å². The lowest BCUT2D eigenvalue weighted by atomic mass is 10.2. The molecule has 88 valence electrons. The molecule has 4 nitrogen and oxygen atoms in total. The summed E-state index contributed by atoms with van der Waals surface area (Å²) in [5, 5.41) is 0. The van der Waals surface area contributed by atoms with Crippen LogP contribution in [0.2, 0.25) is 0 Å². The van der Waals surface area contributed by atoms with E-state index in [-0.39, 0.29) is 15.8 Å². The Labute approximate surface area is 98.7 Å². The van der Waals surface area contributed by atoms with Gasteiger partial charge < -0.3 is 9.47 Å². The van der Waals surface area contributed by atoms with Crippen molar-refractivity contribution in [3.8, 4) is 5.75 Å². The predicted octanol–water partition coefficient (Wildman–Crippen LogP) is 2.58. The van der Waals surface area contributed by atoms with Crippen molar-refractivity contribution in [1.82, 2.24) is 4.98 Å². The first-order valence-corrected chi connectivity index (χ1v) is 4.91. The number of pyridine rings is 1. The second kappa shape index (κ2) is 5.20. The van der Waals surface area contributed by atoms with E-state index in [4.69, 9.17) is 4.74 Å². The average Bonchev–Trinajstić information content (AvgIpc) is 2.27.